The van der Waals surface area contributed by atoms with Crippen molar-refractivity contribution in [3.63, 3.8) is 0 Å². The zero-order valence-corrected chi connectivity index (χ0v) is 14.3. The molecule has 120 valence electrons. The van der Waals surface area contributed by atoms with Crippen LogP contribution in [0.5, 0.6) is 0 Å². The molecule has 7 heteroatoms. The summed E-state index contributed by atoms with van der Waals surface area (Å²) in [5.41, 5.74) is 2.01. The molecular formula is C16H17BrN4O2. The molecule has 1 aromatic heterocycles. The highest BCUT2D eigenvalue weighted by Gasteiger charge is 2.17. The van der Waals surface area contributed by atoms with Gasteiger partial charge >= 0.3 is 0 Å². The summed E-state index contributed by atoms with van der Waals surface area (Å²) in [5.74, 6) is 0.213. The minimum Gasteiger partial charge on any atom is -0.395 e. The fourth-order valence-electron chi connectivity index (χ4n) is 2.26. The van der Waals surface area contributed by atoms with E-state index < -0.39 is 0 Å². The third-order valence-electron chi connectivity index (χ3n) is 3.49. The molecule has 23 heavy (non-hydrogen) atoms. The number of rotatable bonds is 7. The number of nitriles is 1. The van der Waals surface area contributed by atoms with E-state index in [9.17, 15) is 10.1 Å². The predicted octanol–water partition coefficient (Wildman–Crippen LogP) is 1.56. The molecule has 6 nitrogen and oxygen atoms in total. The molecule has 0 unspecified atom stereocenters. The molecule has 0 aliphatic heterocycles. The second-order valence-electron chi connectivity index (χ2n) is 5.02. The number of hydrogen-bond donors (Lipinski definition) is 2. The molecule has 0 aliphatic rings. The van der Waals surface area contributed by atoms with E-state index in [4.69, 9.17) is 5.11 Å². The van der Waals surface area contributed by atoms with Gasteiger partial charge in [-0.15, -0.1) is 0 Å². The molecule has 0 atom stereocenters. The van der Waals surface area contributed by atoms with Crippen molar-refractivity contribution in [3.05, 3.63) is 51.5 Å². The lowest BCUT2D eigenvalue weighted by atomic mass is 10.0. The van der Waals surface area contributed by atoms with Gasteiger partial charge in [-0.05, 0) is 27.6 Å². The first-order chi connectivity index (χ1) is 11.1. The van der Waals surface area contributed by atoms with Crippen LogP contribution < -0.4 is 5.32 Å². The third-order valence-corrected chi connectivity index (χ3v) is 4.15. The number of aromatic nitrogens is 2. The summed E-state index contributed by atoms with van der Waals surface area (Å²) < 4.78 is 2.41. The highest BCUT2D eigenvalue weighted by Crippen LogP contribution is 2.21. The summed E-state index contributed by atoms with van der Waals surface area (Å²) in [7, 11) is 1.78. The van der Waals surface area contributed by atoms with E-state index in [0.717, 1.165) is 5.69 Å². The van der Waals surface area contributed by atoms with Crippen LogP contribution in [0.25, 0.3) is 0 Å². The van der Waals surface area contributed by atoms with Gasteiger partial charge in [-0.2, -0.15) is 5.26 Å². The molecule has 0 amide bonds. The molecule has 1 heterocycles. The van der Waals surface area contributed by atoms with Crippen molar-refractivity contribution in [2.45, 2.75) is 13.0 Å². The number of Topliss-reactive ketones (excluding diaryl/α,β-unsaturated/α-hetero) is 1. The zero-order chi connectivity index (χ0) is 16.8. The molecule has 0 spiro atoms. The average Bonchev–Trinajstić information content (AvgIpc) is 2.89. The Hall–Kier alpha value is -2.01. The van der Waals surface area contributed by atoms with Crippen LogP contribution >= 0.6 is 15.9 Å². The fourth-order valence-corrected chi connectivity index (χ4v) is 2.75. The number of hydrogen-bond acceptors (Lipinski definition) is 5. The summed E-state index contributed by atoms with van der Waals surface area (Å²) in [6, 6.07) is 7.46. The van der Waals surface area contributed by atoms with E-state index in [1.807, 2.05) is 0 Å². The Bertz CT molecular complexity index is 749. The predicted molar refractivity (Wildman–Crippen MR) is 88.9 cm³/mol. The van der Waals surface area contributed by atoms with Crippen molar-refractivity contribution < 1.29 is 9.90 Å². The number of carbonyl (C=O) groups is 1. The number of halogens is 1. The number of nitrogens with one attached hydrogen (secondary N) is 1. The number of aliphatic hydroxyl groups is 1. The quantitative estimate of drug-likeness (QED) is 0.565. The maximum Gasteiger partial charge on any atom is 0.202 e. The van der Waals surface area contributed by atoms with Crippen LogP contribution in [-0.4, -0.2) is 33.6 Å². The van der Waals surface area contributed by atoms with Crippen molar-refractivity contribution in [1.82, 2.24) is 14.9 Å². The second-order valence-corrected chi connectivity index (χ2v) is 5.87. The SMILES string of the molecule is Cn1c(CNCCO)cnc1C(=O)Cc1cccc(Br)c1C#N. The van der Waals surface area contributed by atoms with Gasteiger partial charge in [0.2, 0.25) is 5.78 Å². The summed E-state index contributed by atoms with van der Waals surface area (Å²) >= 11 is 3.32. The summed E-state index contributed by atoms with van der Waals surface area (Å²) in [5, 5.41) is 21.0. The van der Waals surface area contributed by atoms with Gasteiger partial charge in [0.25, 0.3) is 0 Å². The Kier molecular flexibility index (Phi) is 6.04. The average molecular weight is 377 g/mol. The zero-order valence-electron chi connectivity index (χ0n) is 12.7. The number of aliphatic hydroxyl groups excluding tert-OH is 1. The minimum atomic E-state index is -0.143. The highest BCUT2D eigenvalue weighted by molar-refractivity contribution is 9.10. The van der Waals surface area contributed by atoms with Gasteiger partial charge in [0, 0.05) is 31.0 Å². The smallest absolute Gasteiger partial charge is 0.202 e. The van der Waals surface area contributed by atoms with Gasteiger partial charge in [-0.25, -0.2) is 4.98 Å². The van der Waals surface area contributed by atoms with Gasteiger partial charge in [0.1, 0.15) is 6.07 Å². The molecule has 2 N–H and O–H groups in total. The standard InChI is InChI=1S/C16H17BrN4O2/c1-21-12(9-19-5-6-22)10-20-16(21)15(23)7-11-3-2-4-14(17)13(11)8-18/h2-4,10,19,22H,5-7,9H2,1H3. The largest absolute Gasteiger partial charge is 0.395 e. The van der Waals surface area contributed by atoms with E-state index in [1.54, 1.807) is 36.0 Å². The Morgan fingerprint density at radius 3 is 3.00 bits per heavy atom. The maximum atomic E-state index is 12.5. The van der Waals surface area contributed by atoms with Gasteiger partial charge in [0.05, 0.1) is 24.1 Å². The van der Waals surface area contributed by atoms with Gasteiger partial charge in [0.15, 0.2) is 5.82 Å². The highest BCUT2D eigenvalue weighted by atomic mass is 79.9. The fraction of sp³-hybridized carbons (Fsp3) is 0.312. The summed E-state index contributed by atoms with van der Waals surface area (Å²) in [6.07, 6.45) is 1.76. The lowest BCUT2D eigenvalue weighted by Crippen LogP contribution is -2.20. The Morgan fingerprint density at radius 1 is 1.52 bits per heavy atom. The minimum absolute atomic E-state index is 0.0590. The van der Waals surface area contributed by atoms with Gasteiger partial charge in [-0.1, -0.05) is 12.1 Å². The van der Waals surface area contributed by atoms with E-state index >= 15 is 0 Å². The second kappa shape index (κ2) is 8.02. The molecule has 0 saturated carbocycles. The Morgan fingerprint density at radius 2 is 2.30 bits per heavy atom. The van der Waals surface area contributed by atoms with E-state index in [-0.39, 0.29) is 18.8 Å². The van der Waals surface area contributed by atoms with Crippen molar-refractivity contribution in [2.75, 3.05) is 13.2 Å². The van der Waals surface area contributed by atoms with E-state index in [2.05, 4.69) is 32.3 Å². The number of ketones is 1. The first-order valence-electron chi connectivity index (χ1n) is 7.11. The number of benzene rings is 1. The lowest BCUT2D eigenvalue weighted by Gasteiger charge is -2.07. The maximum absolute atomic E-state index is 12.5. The number of nitrogens with zero attached hydrogens (tertiary/aromatic N) is 3. The lowest BCUT2D eigenvalue weighted by molar-refractivity contribution is 0.0979. The van der Waals surface area contributed by atoms with Crippen LogP contribution in [0.3, 0.4) is 0 Å². The van der Waals surface area contributed by atoms with E-state index in [1.165, 1.54) is 0 Å². The topological polar surface area (TPSA) is 90.9 Å². The Labute approximate surface area is 142 Å². The number of imidazole rings is 1. The molecule has 2 rings (SSSR count). The van der Waals surface area contributed by atoms with Crippen LogP contribution in [0.1, 0.15) is 27.4 Å². The molecule has 0 aliphatic carbocycles. The van der Waals surface area contributed by atoms with Crippen LogP contribution in [0.4, 0.5) is 0 Å². The van der Waals surface area contributed by atoms with Crippen molar-refractivity contribution in [1.29, 1.82) is 5.26 Å². The molecule has 0 fully saturated rings. The normalized spacial score (nSPS) is 10.5. The van der Waals surface area contributed by atoms with Gasteiger partial charge < -0.3 is 15.0 Å². The van der Waals surface area contributed by atoms with Crippen molar-refractivity contribution in [2.24, 2.45) is 7.05 Å². The monoisotopic (exact) mass is 376 g/mol. The van der Waals surface area contributed by atoms with Crippen molar-refractivity contribution in [3.8, 4) is 6.07 Å². The van der Waals surface area contributed by atoms with Crippen LogP contribution in [0.2, 0.25) is 0 Å². The van der Waals surface area contributed by atoms with Crippen LogP contribution in [0, 0.1) is 11.3 Å². The van der Waals surface area contributed by atoms with Crippen LogP contribution in [-0.2, 0) is 20.0 Å². The van der Waals surface area contributed by atoms with Crippen molar-refractivity contribution >= 4 is 21.7 Å². The van der Waals surface area contributed by atoms with Crippen LogP contribution in [0.15, 0.2) is 28.9 Å². The molecule has 0 saturated heterocycles. The molecular weight excluding hydrogens is 360 g/mol. The summed E-state index contributed by atoms with van der Waals surface area (Å²) in [6.45, 7) is 1.07. The molecule has 0 radical (unpaired) electrons. The molecule has 0 bridgehead atoms. The number of carbonyl (C=O) groups excluding carboxylic acids is 1. The summed E-state index contributed by atoms with van der Waals surface area (Å²) in [4.78, 5) is 16.7. The Balaban J connectivity index is 2.16. The molecule has 1 aromatic carbocycles. The van der Waals surface area contributed by atoms with Gasteiger partial charge in [-0.3, -0.25) is 4.79 Å². The molecule has 2 aromatic rings. The van der Waals surface area contributed by atoms with E-state index in [0.29, 0.717) is 34.5 Å². The first-order valence-corrected chi connectivity index (χ1v) is 7.90. The first kappa shape index (κ1) is 17.3. The third kappa shape index (κ3) is 4.05.